The third-order valence-electron chi connectivity index (χ3n) is 3.57. The number of carbonyl (C=O) groups is 1. The van der Waals surface area contributed by atoms with Crippen LogP contribution in [0.1, 0.15) is 68.1 Å². The maximum atomic E-state index is 11.6. The van der Waals surface area contributed by atoms with Crippen LogP contribution in [-0.2, 0) is 17.7 Å². The van der Waals surface area contributed by atoms with Gasteiger partial charge in [0.05, 0.1) is 12.8 Å². The SMILES string of the molecule is CCCCCCCCCn1nnc(C(=O)OC)c1CCN. The van der Waals surface area contributed by atoms with Crippen LogP contribution in [0.2, 0.25) is 0 Å². The van der Waals surface area contributed by atoms with Crippen LogP contribution in [0.5, 0.6) is 0 Å². The molecule has 0 atom stereocenters. The van der Waals surface area contributed by atoms with Crippen molar-refractivity contribution in [1.82, 2.24) is 15.0 Å². The lowest BCUT2D eigenvalue weighted by Gasteiger charge is -2.06. The van der Waals surface area contributed by atoms with Crippen molar-refractivity contribution >= 4 is 5.97 Å². The first-order chi connectivity index (χ1) is 10.2. The van der Waals surface area contributed by atoms with E-state index in [4.69, 9.17) is 10.5 Å². The second-order valence-electron chi connectivity index (χ2n) is 5.26. The highest BCUT2D eigenvalue weighted by atomic mass is 16.5. The van der Waals surface area contributed by atoms with Gasteiger partial charge in [0.15, 0.2) is 5.69 Å². The third-order valence-corrected chi connectivity index (χ3v) is 3.57. The van der Waals surface area contributed by atoms with Gasteiger partial charge in [-0.2, -0.15) is 0 Å². The maximum Gasteiger partial charge on any atom is 0.360 e. The van der Waals surface area contributed by atoms with Crippen molar-refractivity contribution in [1.29, 1.82) is 0 Å². The van der Waals surface area contributed by atoms with Gasteiger partial charge in [0, 0.05) is 13.0 Å². The standard InChI is InChI=1S/C15H28N4O2/c1-3-4-5-6-7-8-9-12-19-13(10-11-16)14(17-18-19)15(20)21-2/h3-12,16H2,1-2H3. The van der Waals surface area contributed by atoms with E-state index in [9.17, 15) is 4.79 Å². The van der Waals surface area contributed by atoms with Crippen molar-refractivity contribution in [3.63, 3.8) is 0 Å². The van der Waals surface area contributed by atoms with E-state index < -0.39 is 5.97 Å². The molecule has 0 fully saturated rings. The number of aromatic nitrogens is 3. The van der Waals surface area contributed by atoms with E-state index in [0.29, 0.717) is 18.7 Å². The number of ether oxygens (including phenoxy) is 1. The molecule has 1 aromatic heterocycles. The predicted molar refractivity (Wildman–Crippen MR) is 82.1 cm³/mol. The van der Waals surface area contributed by atoms with E-state index in [1.807, 2.05) is 0 Å². The Morgan fingerprint density at radius 3 is 2.48 bits per heavy atom. The fraction of sp³-hybridized carbons (Fsp3) is 0.800. The summed E-state index contributed by atoms with van der Waals surface area (Å²) in [5.74, 6) is -0.440. The van der Waals surface area contributed by atoms with Gasteiger partial charge in [-0.15, -0.1) is 5.10 Å². The minimum absolute atomic E-state index is 0.297. The molecule has 6 heteroatoms. The van der Waals surface area contributed by atoms with Crippen LogP contribution < -0.4 is 5.73 Å². The van der Waals surface area contributed by atoms with Crippen molar-refractivity contribution in [3.05, 3.63) is 11.4 Å². The molecule has 0 saturated heterocycles. The lowest BCUT2D eigenvalue weighted by atomic mass is 10.1. The van der Waals surface area contributed by atoms with E-state index in [1.165, 1.54) is 45.6 Å². The van der Waals surface area contributed by atoms with E-state index >= 15 is 0 Å². The van der Waals surface area contributed by atoms with Crippen LogP contribution in [0.4, 0.5) is 0 Å². The molecule has 2 N–H and O–H groups in total. The number of esters is 1. The van der Waals surface area contributed by atoms with Crippen molar-refractivity contribution in [2.24, 2.45) is 5.73 Å². The number of nitrogens with zero attached hydrogens (tertiary/aromatic N) is 3. The van der Waals surface area contributed by atoms with Crippen LogP contribution in [0.15, 0.2) is 0 Å². The normalized spacial score (nSPS) is 10.8. The summed E-state index contributed by atoms with van der Waals surface area (Å²) in [6.07, 6.45) is 9.30. The molecule has 120 valence electrons. The number of carbonyl (C=O) groups excluding carboxylic acids is 1. The highest BCUT2D eigenvalue weighted by Crippen LogP contribution is 2.11. The van der Waals surface area contributed by atoms with Crippen molar-refractivity contribution < 1.29 is 9.53 Å². The molecule has 0 amide bonds. The number of rotatable bonds is 11. The highest BCUT2D eigenvalue weighted by molar-refractivity contribution is 5.88. The fourth-order valence-corrected chi connectivity index (χ4v) is 2.37. The summed E-state index contributed by atoms with van der Waals surface area (Å²) in [7, 11) is 1.35. The minimum Gasteiger partial charge on any atom is -0.464 e. The number of methoxy groups -OCH3 is 1. The second-order valence-corrected chi connectivity index (χ2v) is 5.26. The number of aryl methyl sites for hydroxylation is 1. The number of unbranched alkanes of at least 4 members (excludes halogenated alkanes) is 6. The minimum atomic E-state index is -0.440. The van der Waals surface area contributed by atoms with Gasteiger partial charge in [0.25, 0.3) is 0 Å². The van der Waals surface area contributed by atoms with Gasteiger partial charge in [-0.1, -0.05) is 50.7 Å². The third kappa shape index (κ3) is 5.83. The van der Waals surface area contributed by atoms with Crippen LogP contribution in [0.25, 0.3) is 0 Å². The van der Waals surface area contributed by atoms with E-state index in [-0.39, 0.29) is 0 Å². The molecule has 0 aliphatic carbocycles. The van der Waals surface area contributed by atoms with Gasteiger partial charge in [-0.3, -0.25) is 0 Å². The maximum absolute atomic E-state index is 11.6. The summed E-state index contributed by atoms with van der Waals surface area (Å²) in [5, 5.41) is 7.99. The lowest BCUT2D eigenvalue weighted by Crippen LogP contribution is -2.14. The quantitative estimate of drug-likeness (QED) is 0.500. The van der Waals surface area contributed by atoms with Crippen LogP contribution in [0, 0.1) is 0 Å². The number of hydrogen-bond donors (Lipinski definition) is 1. The molecular weight excluding hydrogens is 268 g/mol. The Morgan fingerprint density at radius 2 is 1.86 bits per heavy atom. The monoisotopic (exact) mass is 296 g/mol. The average Bonchev–Trinajstić information content (AvgIpc) is 2.89. The van der Waals surface area contributed by atoms with Crippen molar-refractivity contribution in [2.75, 3.05) is 13.7 Å². The highest BCUT2D eigenvalue weighted by Gasteiger charge is 2.19. The summed E-state index contributed by atoms with van der Waals surface area (Å²) in [4.78, 5) is 11.6. The Bertz CT molecular complexity index is 418. The van der Waals surface area contributed by atoms with Gasteiger partial charge in [0.2, 0.25) is 0 Å². The zero-order valence-corrected chi connectivity index (χ0v) is 13.3. The summed E-state index contributed by atoms with van der Waals surface area (Å²) in [6, 6.07) is 0. The first-order valence-electron chi connectivity index (χ1n) is 7.95. The summed E-state index contributed by atoms with van der Waals surface area (Å²) in [6.45, 7) is 3.48. The van der Waals surface area contributed by atoms with Crippen LogP contribution in [-0.4, -0.2) is 34.6 Å². The molecule has 1 heterocycles. The van der Waals surface area contributed by atoms with Crippen LogP contribution >= 0.6 is 0 Å². The molecular formula is C15H28N4O2. The molecule has 0 aromatic carbocycles. The van der Waals surface area contributed by atoms with E-state index in [0.717, 1.165) is 18.7 Å². The van der Waals surface area contributed by atoms with Crippen LogP contribution in [0.3, 0.4) is 0 Å². The van der Waals surface area contributed by atoms with Gasteiger partial charge < -0.3 is 10.5 Å². The van der Waals surface area contributed by atoms with Gasteiger partial charge >= 0.3 is 5.97 Å². The topological polar surface area (TPSA) is 83.0 Å². The lowest BCUT2D eigenvalue weighted by molar-refractivity contribution is 0.0592. The number of nitrogens with two attached hydrogens (primary N) is 1. The number of hydrogen-bond acceptors (Lipinski definition) is 5. The molecule has 0 saturated carbocycles. The molecule has 6 nitrogen and oxygen atoms in total. The zero-order chi connectivity index (χ0) is 15.5. The first-order valence-corrected chi connectivity index (χ1v) is 7.95. The van der Waals surface area contributed by atoms with Gasteiger partial charge in [-0.25, -0.2) is 9.48 Å². The Hall–Kier alpha value is -1.43. The molecule has 1 aromatic rings. The largest absolute Gasteiger partial charge is 0.464 e. The summed E-state index contributed by atoms with van der Waals surface area (Å²) < 4.78 is 6.52. The molecule has 0 aliphatic rings. The predicted octanol–water partition coefficient (Wildman–Crippen LogP) is 2.32. The molecule has 0 spiro atoms. The van der Waals surface area contributed by atoms with E-state index in [2.05, 4.69) is 17.2 Å². The first kappa shape index (κ1) is 17.6. The molecule has 21 heavy (non-hydrogen) atoms. The summed E-state index contributed by atoms with van der Waals surface area (Å²) in [5.41, 5.74) is 6.69. The molecule has 0 unspecified atom stereocenters. The van der Waals surface area contributed by atoms with E-state index in [1.54, 1.807) is 4.68 Å². The average molecular weight is 296 g/mol. The molecule has 0 aliphatic heterocycles. The smallest absolute Gasteiger partial charge is 0.360 e. The molecule has 1 rings (SSSR count). The Morgan fingerprint density at radius 1 is 1.19 bits per heavy atom. The van der Waals surface area contributed by atoms with Gasteiger partial charge in [-0.05, 0) is 13.0 Å². The second kappa shape index (κ2) is 10.3. The zero-order valence-electron chi connectivity index (χ0n) is 13.3. The Kier molecular flexibility index (Phi) is 8.66. The summed E-state index contributed by atoms with van der Waals surface area (Å²) >= 11 is 0. The Balaban J connectivity index is 2.43. The molecule has 0 radical (unpaired) electrons. The Labute approximate surface area is 127 Å². The van der Waals surface area contributed by atoms with Crippen molar-refractivity contribution in [3.8, 4) is 0 Å². The van der Waals surface area contributed by atoms with Gasteiger partial charge in [0.1, 0.15) is 0 Å². The van der Waals surface area contributed by atoms with Crippen molar-refractivity contribution in [2.45, 2.75) is 64.8 Å². The molecule has 0 bridgehead atoms. The fourth-order valence-electron chi connectivity index (χ4n) is 2.37.